The van der Waals surface area contributed by atoms with Crippen LogP contribution in [-0.4, -0.2) is 36.2 Å². The lowest BCUT2D eigenvalue weighted by Crippen LogP contribution is -2.25. The van der Waals surface area contributed by atoms with Crippen LogP contribution >= 0.6 is 15.9 Å². The Morgan fingerprint density at radius 3 is 2.84 bits per heavy atom. The van der Waals surface area contributed by atoms with Gasteiger partial charge in [0.15, 0.2) is 9.84 Å². The highest BCUT2D eigenvalue weighted by Gasteiger charge is 2.10. The van der Waals surface area contributed by atoms with Crippen molar-refractivity contribution in [2.75, 3.05) is 23.4 Å². The van der Waals surface area contributed by atoms with Crippen LogP contribution in [0.5, 0.6) is 0 Å². The smallest absolute Gasteiger partial charge is 0.283 e. The molecule has 0 aliphatic heterocycles. The highest BCUT2D eigenvalue weighted by molar-refractivity contribution is 9.10. The molecule has 0 amide bonds. The summed E-state index contributed by atoms with van der Waals surface area (Å²) in [6.45, 7) is 5.70. The number of rotatable bonds is 7. The molecule has 0 spiro atoms. The normalized spacial score (nSPS) is 11.3. The third kappa shape index (κ3) is 4.46. The summed E-state index contributed by atoms with van der Waals surface area (Å²) in [5.41, 5.74) is 0.194. The number of halogens is 1. The van der Waals surface area contributed by atoms with Gasteiger partial charge in [0.2, 0.25) is 0 Å². The van der Waals surface area contributed by atoms with Crippen molar-refractivity contribution in [3.8, 4) is 0 Å². The van der Waals surface area contributed by atoms with Crippen LogP contribution in [0.15, 0.2) is 28.1 Å². The van der Waals surface area contributed by atoms with Crippen molar-refractivity contribution >= 4 is 31.5 Å². The Morgan fingerprint density at radius 1 is 1.58 bits per heavy atom. The molecule has 1 rings (SSSR count). The number of hydrogen-bond acceptors (Lipinski definition) is 5. The number of sulfone groups is 1. The highest BCUT2D eigenvalue weighted by atomic mass is 79.9. The van der Waals surface area contributed by atoms with E-state index in [1.807, 2.05) is 0 Å². The van der Waals surface area contributed by atoms with Crippen LogP contribution in [0.3, 0.4) is 0 Å². The minimum Gasteiger partial charge on any atom is -0.382 e. The second kappa shape index (κ2) is 6.85. The minimum atomic E-state index is -3.02. The van der Waals surface area contributed by atoms with Crippen LogP contribution in [0.25, 0.3) is 0 Å². The van der Waals surface area contributed by atoms with E-state index >= 15 is 0 Å². The summed E-state index contributed by atoms with van der Waals surface area (Å²) in [4.78, 5) is 11.8. The van der Waals surface area contributed by atoms with Gasteiger partial charge in [0.1, 0.15) is 4.47 Å². The largest absolute Gasteiger partial charge is 0.382 e. The van der Waals surface area contributed by atoms with E-state index in [4.69, 9.17) is 0 Å². The molecular weight excluding hydrogens is 334 g/mol. The van der Waals surface area contributed by atoms with Gasteiger partial charge in [-0.2, -0.15) is 5.10 Å². The fourth-order valence-electron chi connectivity index (χ4n) is 1.33. The second-order valence-corrected chi connectivity index (χ2v) is 7.08. The van der Waals surface area contributed by atoms with Crippen molar-refractivity contribution in [1.82, 2.24) is 9.78 Å². The van der Waals surface area contributed by atoms with Crippen molar-refractivity contribution in [2.45, 2.75) is 13.5 Å². The van der Waals surface area contributed by atoms with Gasteiger partial charge in [0, 0.05) is 12.3 Å². The van der Waals surface area contributed by atoms with Gasteiger partial charge in [-0.3, -0.25) is 4.79 Å². The Morgan fingerprint density at radius 2 is 2.26 bits per heavy atom. The summed E-state index contributed by atoms with van der Waals surface area (Å²) >= 11 is 3.18. The number of anilines is 1. The van der Waals surface area contributed by atoms with E-state index in [-0.39, 0.29) is 23.6 Å². The van der Waals surface area contributed by atoms with Crippen molar-refractivity contribution < 1.29 is 8.42 Å². The van der Waals surface area contributed by atoms with Crippen LogP contribution in [-0.2, 0) is 16.4 Å². The average Bonchev–Trinajstić information content (AvgIpc) is 2.38. The molecule has 0 aliphatic carbocycles. The van der Waals surface area contributed by atoms with E-state index in [1.54, 1.807) is 13.0 Å². The summed E-state index contributed by atoms with van der Waals surface area (Å²) in [6, 6.07) is 0. The Bertz CT molecular complexity index is 610. The number of aromatic nitrogens is 2. The molecule has 6 nitrogen and oxygen atoms in total. The molecule has 1 heterocycles. The SMILES string of the molecule is C=CCn1ncc(NCCS(=O)(=O)CC)c(Br)c1=O. The number of hydrogen-bond donors (Lipinski definition) is 1. The first-order valence-electron chi connectivity index (χ1n) is 5.72. The van der Waals surface area contributed by atoms with Gasteiger partial charge in [-0.15, -0.1) is 6.58 Å². The molecule has 0 aromatic carbocycles. The molecule has 0 radical (unpaired) electrons. The zero-order valence-electron chi connectivity index (χ0n) is 10.6. The first-order chi connectivity index (χ1) is 8.91. The Kier molecular flexibility index (Phi) is 5.74. The van der Waals surface area contributed by atoms with E-state index in [0.717, 1.165) is 0 Å². The first-order valence-corrected chi connectivity index (χ1v) is 8.33. The highest BCUT2D eigenvalue weighted by Crippen LogP contribution is 2.15. The summed E-state index contributed by atoms with van der Waals surface area (Å²) in [5.74, 6) is 0.126. The molecule has 106 valence electrons. The molecule has 1 aromatic heterocycles. The van der Waals surface area contributed by atoms with E-state index in [1.165, 1.54) is 10.9 Å². The van der Waals surface area contributed by atoms with Crippen LogP contribution in [0, 0.1) is 0 Å². The molecule has 0 fully saturated rings. The fraction of sp³-hybridized carbons (Fsp3) is 0.455. The summed E-state index contributed by atoms with van der Waals surface area (Å²) < 4.78 is 24.3. The Labute approximate surface area is 120 Å². The van der Waals surface area contributed by atoms with E-state index < -0.39 is 9.84 Å². The molecule has 0 atom stereocenters. The summed E-state index contributed by atoms with van der Waals surface area (Å²) in [5, 5.41) is 6.84. The van der Waals surface area contributed by atoms with Gasteiger partial charge in [-0.05, 0) is 15.9 Å². The maximum atomic E-state index is 11.8. The van der Waals surface area contributed by atoms with Crippen LogP contribution in [0.4, 0.5) is 5.69 Å². The Balaban J connectivity index is 2.78. The van der Waals surface area contributed by atoms with E-state index in [0.29, 0.717) is 16.7 Å². The van der Waals surface area contributed by atoms with Crippen LogP contribution in [0.1, 0.15) is 6.92 Å². The third-order valence-electron chi connectivity index (χ3n) is 2.46. The van der Waals surface area contributed by atoms with Crippen molar-refractivity contribution in [3.05, 3.63) is 33.7 Å². The number of nitrogens with zero attached hydrogens (tertiary/aromatic N) is 2. The van der Waals surface area contributed by atoms with E-state index in [2.05, 4.69) is 32.9 Å². The van der Waals surface area contributed by atoms with Crippen LogP contribution < -0.4 is 10.9 Å². The molecule has 8 heteroatoms. The van der Waals surface area contributed by atoms with Gasteiger partial charge in [0.25, 0.3) is 5.56 Å². The molecule has 1 N–H and O–H groups in total. The number of allylic oxidation sites excluding steroid dienone is 1. The molecule has 1 aromatic rings. The van der Waals surface area contributed by atoms with Crippen LogP contribution in [0.2, 0.25) is 0 Å². The molecule has 19 heavy (non-hydrogen) atoms. The molecule has 0 saturated heterocycles. The predicted octanol–water partition coefficient (Wildman–Crippen LogP) is 1.04. The molecular formula is C11H16BrN3O3S. The van der Waals surface area contributed by atoms with Crippen molar-refractivity contribution in [3.63, 3.8) is 0 Å². The topological polar surface area (TPSA) is 81.1 Å². The lowest BCUT2D eigenvalue weighted by atomic mass is 10.4. The molecule has 0 saturated carbocycles. The van der Waals surface area contributed by atoms with Crippen molar-refractivity contribution in [2.24, 2.45) is 0 Å². The molecule has 0 unspecified atom stereocenters. The molecule has 0 aliphatic rings. The zero-order chi connectivity index (χ0) is 14.5. The fourth-order valence-corrected chi connectivity index (χ4v) is 2.48. The zero-order valence-corrected chi connectivity index (χ0v) is 13.0. The van der Waals surface area contributed by atoms with Gasteiger partial charge >= 0.3 is 0 Å². The standard InChI is InChI=1S/C11H16BrN3O3S/c1-3-6-15-11(16)10(12)9(8-14-15)13-5-7-19(17,18)4-2/h3,8,13H,1,4-7H2,2H3. The lowest BCUT2D eigenvalue weighted by Gasteiger charge is -2.09. The first kappa shape index (κ1) is 15.9. The quantitative estimate of drug-likeness (QED) is 0.743. The minimum absolute atomic E-state index is 0.0195. The average molecular weight is 350 g/mol. The Hall–Kier alpha value is -1.15. The van der Waals surface area contributed by atoms with Crippen molar-refractivity contribution in [1.29, 1.82) is 0 Å². The summed E-state index contributed by atoms with van der Waals surface area (Å²) in [7, 11) is -3.02. The predicted molar refractivity (Wildman–Crippen MR) is 79.2 cm³/mol. The molecule has 0 bridgehead atoms. The van der Waals surface area contributed by atoms with Gasteiger partial charge in [-0.25, -0.2) is 13.1 Å². The van der Waals surface area contributed by atoms with Gasteiger partial charge in [0.05, 0.1) is 24.2 Å². The van der Waals surface area contributed by atoms with Gasteiger partial charge < -0.3 is 5.32 Å². The monoisotopic (exact) mass is 349 g/mol. The van der Waals surface area contributed by atoms with Gasteiger partial charge in [-0.1, -0.05) is 13.0 Å². The maximum absolute atomic E-state index is 11.8. The third-order valence-corrected chi connectivity index (χ3v) is 4.93. The lowest BCUT2D eigenvalue weighted by molar-refractivity contribution is 0.597. The maximum Gasteiger partial charge on any atom is 0.283 e. The summed E-state index contributed by atoms with van der Waals surface area (Å²) in [6.07, 6.45) is 3.05. The number of nitrogens with one attached hydrogen (secondary N) is 1. The van der Waals surface area contributed by atoms with E-state index in [9.17, 15) is 13.2 Å². The second-order valence-electron chi connectivity index (χ2n) is 3.81.